The fraction of sp³-hybridized carbons (Fsp3) is 0.381. The summed E-state index contributed by atoms with van der Waals surface area (Å²) in [5.41, 5.74) is 1.99. The lowest BCUT2D eigenvalue weighted by Gasteiger charge is -2.42. The summed E-state index contributed by atoms with van der Waals surface area (Å²) in [6, 6.07) is 15.3. The van der Waals surface area contributed by atoms with Crippen LogP contribution in [-0.2, 0) is 11.2 Å². The first kappa shape index (κ1) is 18.4. The van der Waals surface area contributed by atoms with E-state index in [-0.39, 0.29) is 12.5 Å². The fourth-order valence-corrected chi connectivity index (χ4v) is 3.46. The lowest BCUT2D eigenvalue weighted by molar-refractivity contribution is -0.123. The number of benzene rings is 2. The molecule has 1 saturated heterocycles. The van der Waals surface area contributed by atoms with Crippen molar-refractivity contribution in [2.45, 2.75) is 18.9 Å². The molecule has 1 aliphatic heterocycles. The van der Waals surface area contributed by atoms with Crippen LogP contribution in [0.3, 0.4) is 0 Å². The van der Waals surface area contributed by atoms with Gasteiger partial charge in [0.05, 0.1) is 32.4 Å². The summed E-state index contributed by atoms with van der Waals surface area (Å²) in [6.07, 6.45) is 0.556. The summed E-state index contributed by atoms with van der Waals surface area (Å²) < 4.78 is 11.3. The number of methoxy groups -OCH3 is 1. The van der Waals surface area contributed by atoms with Gasteiger partial charge >= 0.3 is 0 Å². The molecule has 5 heteroatoms. The van der Waals surface area contributed by atoms with Crippen LogP contribution >= 0.6 is 0 Å². The third-order valence-electron chi connectivity index (χ3n) is 4.77. The second-order valence-corrected chi connectivity index (χ2v) is 6.78. The predicted octanol–water partition coefficient (Wildman–Crippen LogP) is 2.45. The first-order valence-electron chi connectivity index (χ1n) is 8.79. The minimum atomic E-state index is -0.788. The van der Waals surface area contributed by atoms with Gasteiger partial charge in [-0.1, -0.05) is 42.0 Å². The van der Waals surface area contributed by atoms with E-state index in [1.165, 1.54) is 0 Å². The van der Waals surface area contributed by atoms with Crippen LogP contribution in [0.2, 0.25) is 0 Å². The molecule has 1 amide bonds. The van der Waals surface area contributed by atoms with Crippen LogP contribution in [0.15, 0.2) is 48.5 Å². The van der Waals surface area contributed by atoms with Gasteiger partial charge in [0.2, 0.25) is 0 Å². The Hall–Kier alpha value is -2.37. The molecule has 1 fully saturated rings. The van der Waals surface area contributed by atoms with Gasteiger partial charge in [0.15, 0.2) is 0 Å². The smallest absolute Gasteiger partial charge is 0.257 e. The van der Waals surface area contributed by atoms with E-state index in [4.69, 9.17) is 9.47 Å². The highest BCUT2D eigenvalue weighted by Gasteiger charge is 2.38. The maximum atomic E-state index is 13.0. The maximum absolute atomic E-state index is 13.0. The molecule has 26 heavy (non-hydrogen) atoms. The monoisotopic (exact) mass is 355 g/mol. The maximum Gasteiger partial charge on any atom is 0.257 e. The number of aliphatic hydroxyl groups is 1. The van der Waals surface area contributed by atoms with Crippen LogP contribution in [0, 0.1) is 6.92 Å². The summed E-state index contributed by atoms with van der Waals surface area (Å²) in [6.45, 7) is 3.12. The van der Waals surface area contributed by atoms with Crippen molar-refractivity contribution < 1.29 is 19.4 Å². The topological polar surface area (TPSA) is 59.0 Å². The molecule has 0 spiro atoms. The van der Waals surface area contributed by atoms with Crippen molar-refractivity contribution in [3.63, 3.8) is 0 Å². The molecule has 2 aromatic carbocycles. The Morgan fingerprint density at radius 2 is 2.08 bits per heavy atom. The Kier molecular flexibility index (Phi) is 5.59. The van der Waals surface area contributed by atoms with E-state index < -0.39 is 5.60 Å². The van der Waals surface area contributed by atoms with Gasteiger partial charge in [-0.15, -0.1) is 0 Å². The van der Waals surface area contributed by atoms with E-state index in [1.807, 2.05) is 37.3 Å². The van der Waals surface area contributed by atoms with Crippen molar-refractivity contribution in [1.29, 1.82) is 0 Å². The van der Waals surface area contributed by atoms with E-state index in [9.17, 15) is 9.90 Å². The van der Waals surface area contributed by atoms with E-state index >= 15 is 0 Å². The number of carbonyl (C=O) groups excluding carboxylic acids is 1. The van der Waals surface area contributed by atoms with E-state index in [1.54, 1.807) is 24.1 Å². The van der Waals surface area contributed by atoms with Gasteiger partial charge in [-0.2, -0.15) is 0 Å². The first-order chi connectivity index (χ1) is 12.6. The first-order valence-corrected chi connectivity index (χ1v) is 8.79. The van der Waals surface area contributed by atoms with Gasteiger partial charge in [0.25, 0.3) is 5.91 Å². The van der Waals surface area contributed by atoms with Crippen molar-refractivity contribution in [2.24, 2.45) is 0 Å². The molecular weight excluding hydrogens is 330 g/mol. The van der Waals surface area contributed by atoms with Crippen LogP contribution in [0.5, 0.6) is 5.75 Å². The SMILES string of the molecule is COc1ccccc1C(=O)N1CCO[C@](CO)(Cc2cccc(C)c2)C1. The molecular formula is C21H25NO4. The highest BCUT2D eigenvalue weighted by Crippen LogP contribution is 2.26. The molecule has 0 aliphatic carbocycles. The van der Waals surface area contributed by atoms with Crippen molar-refractivity contribution in [1.82, 2.24) is 4.90 Å². The number of aryl methyl sites for hydroxylation is 1. The molecule has 3 rings (SSSR count). The second-order valence-electron chi connectivity index (χ2n) is 6.78. The molecule has 0 bridgehead atoms. The Bertz CT molecular complexity index is 776. The zero-order chi connectivity index (χ0) is 18.6. The van der Waals surface area contributed by atoms with Gasteiger partial charge in [0, 0.05) is 13.0 Å². The Balaban J connectivity index is 1.81. The van der Waals surface area contributed by atoms with Crippen molar-refractivity contribution in [3.05, 3.63) is 65.2 Å². The van der Waals surface area contributed by atoms with Crippen LogP contribution in [0.4, 0.5) is 0 Å². The van der Waals surface area contributed by atoms with Crippen LogP contribution in [0.1, 0.15) is 21.5 Å². The van der Waals surface area contributed by atoms with Crippen molar-refractivity contribution in [3.8, 4) is 5.75 Å². The van der Waals surface area contributed by atoms with Gasteiger partial charge in [-0.3, -0.25) is 4.79 Å². The highest BCUT2D eigenvalue weighted by molar-refractivity contribution is 5.97. The Labute approximate surface area is 154 Å². The normalized spacial score (nSPS) is 20.0. The van der Waals surface area contributed by atoms with Gasteiger partial charge in [0.1, 0.15) is 11.4 Å². The number of nitrogens with zero attached hydrogens (tertiary/aromatic N) is 1. The second kappa shape index (κ2) is 7.89. The summed E-state index contributed by atoms with van der Waals surface area (Å²) in [5.74, 6) is 0.449. The molecule has 1 atom stereocenters. The summed E-state index contributed by atoms with van der Waals surface area (Å²) in [7, 11) is 1.56. The molecule has 0 unspecified atom stereocenters. The third kappa shape index (κ3) is 3.89. The fourth-order valence-electron chi connectivity index (χ4n) is 3.46. The standard InChI is InChI=1S/C21H25NO4/c1-16-6-5-7-17(12-16)13-21(15-23)14-22(10-11-26-21)20(24)18-8-3-4-9-19(18)25-2/h3-9,12,23H,10-11,13-15H2,1-2H3/t21-/m1/s1. The van der Waals surface area contributed by atoms with Crippen molar-refractivity contribution in [2.75, 3.05) is 33.4 Å². The van der Waals surface area contributed by atoms with Crippen molar-refractivity contribution >= 4 is 5.91 Å². The Morgan fingerprint density at radius 3 is 2.81 bits per heavy atom. The van der Waals surface area contributed by atoms with Crippen LogP contribution in [-0.4, -0.2) is 54.9 Å². The predicted molar refractivity (Wildman–Crippen MR) is 99.5 cm³/mol. The van der Waals surface area contributed by atoms with E-state index in [0.29, 0.717) is 37.4 Å². The lowest BCUT2D eigenvalue weighted by atomic mass is 9.92. The zero-order valence-corrected chi connectivity index (χ0v) is 15.3. The number of aliphatic hydroxyl groups excluding tert-OH is 1. The molecule has 0 saturated carbocycles. The lowest BCUT2D eigenvalue weighted by Crippen LogP contribution is -2.56. The minimum Gasteiger partial charge on any atom is -0.496 e. The number of rotatable bonds is 5. The molecule has 5 nitrogen and oxygen atoms in total. The van der Waals surface area contributed by atoms with Crippen LogP contribution in [0.25, 0.3) is 0 Å². The number of morpholine rings is 1. The number of carbonyl (C=O) groups is 1. The summed E-state index contributed by atoms with van der Waals surface area (Å²) >= 11 is 0. The van der Waals surface area contributed by atoms with E-state index in [0.717, 1.165) is 11.1 Å². The minimum absolute atomic E-state index is 0.104. The quantitative estimate of drug-likeness (QED) is 0.895. The number of hydrogen-bond acceptors (Lipinski definition) is 4. The van der Waals surface area contributed by atoms with E-state index in [2.05, 4.69) is 6.07 Å². The molecule has 0 aromatic heterocycles. The molecule has 0 radical (unpaired) electrons. The molecule has 138 valence electrons. The number of hydrogen-bond donors (Lipinski definition) is 1. The number of amides is 1. The van der Waals surface area contributed by atoms with Crippen LogP contribution < -0.4 is 4.74 Å². The largest absolute Gasteiger partial charge is 0.496 e. The highest BCUT2D eigenvalue weighted by atomic mass is 16.5. The van der Waals surface area contributed by atoms with Gasteiger partial charge in [-0.25, -0.2) is 0 Å². The summed E-state index contributed by atoms with van der Waals surface area (Å²) in [5, 5.41) is 10.1. The number of ether oxygens (including phenoxy) is 2. The molecule has 1 heterocycles. The molecule has 1 N–H and O–H groups in total. The number of para-hydroxylation sites is 1. The third-order valence-corrected chi connectivity index (χ3v) is 4.77. The average Bonchev–Trinajstić information content (AvgIpc) is 2.67. The zero-order valence-electron chi connectivity index (χ0n) is 15.3. The Morgan fingerprint density at radius 1 is 1.27 bits per heavy atom. The molecule has 2 aromatic rings. The average molecular weight is 355 g/mol. The van der Waals surface area contributed by atoms with Gasteiger partial charge in [-0.05, 0) is 24.6 Å². The van der Waals surface area contributed by atoms with Gasteiger partial charge < -0.3 is 19.5 Å². The molecule has 1 aliphatic rings. The summed E-state index contributed by atoms with van der Waals surface area (Å²) in [4.78, 5) is 14.7.